The number of fused-ring (bicyclic) bond motifs is 1. The molecule has 1 unspecified atom stereocenters. The van der Waals surface area contributed by atoms with Crippen LogP contribution in [-0.4, -0.2) is 21.6 Å². The molecular formula is C14H18N4. The summed E-state index contributed by atoms with van der Waals surface area (Å²) < 4.78 is 2.20. The zero-order valence-electron chi connectivity index (χ0n) is 10.6. The maximum absolute atomic E-state index is 4.27. The summed E-state index contributed by atoms with van der Waals surface area (Å²) in [7, 11) is 2.04. The van der Waals surface area contributed by atoms with Gasteiger partial charge < -0.3 is 9.88 Å². The van der Waals surface area contributed by atoms with Crippen LogP contribution in [0.4, 0.5) is 0 Å². The predicted octanol–water partition coefficient (Wildman–Crippen LogP) is 1.92. The molecule has 2 aromatic heterocycles. The Bertz CT molecular complexity index is 518. The van der Waals surface area contributed by atoms with Crippen molar-refractivity contribution in [3.63, 3.8) is 0 Å². The lowest BCUT2D eigenvalue weighted by molar-refractivity contribution is 0.498. The summed E-state index contributed by atoms with van der Waals surface area (Å²) >= 11 is 0. The first kappa shape index (κ1) is 11.4. The first-order valence-corrected chi connectivity index (χ1v) is 6.48. The number of aromatic nitrogens is 3. The van der Waals surface area contributed by atoms with E-state index in [2.05, 4.69) is 32.2 Å². The van der Waals surface area contributed by atoms with Gasteiger partial charge in [-0.2, -0.15) is 0 Å². The van der Waals surface area contributed by atoms with E-state index in [1.165, 1.54) is 30.4 Å². The lowest BCUT2D eigenvalue weighted by Gasteiger charge is -2.21. The normalized spacial score (nSPS) is 18.6. The maximum Gasteiger partial charge on any atom is 0.147 e. The van der Waals surface area contributed by atoms with Crippen LogP contribution in [0.2, 0.25) is 0 Å². The van der Waals surface area contributed by atoms with Crippen molar-refractivity contribution in [2.75, 3.05) is 7.05 Å². The molecule has 1 aliphatic rings. The van der Waals surface area contributed by atoms with E-state index >= 15 is 0 Å². The van der Waals surface area contributed by atoms with E-state index in [-0.39, 0.29) is 0 Å². The Balaban J connectivity index is 1.84. The van der Waals surface area contributed by atoms with Gasteiger partial charge in [-0.15, -0.1) is 0 Å². The van der Waals surface area contributed by atoms with Gasteiger partial charge >= 0.3 is 0 Å². The van der Waals surface area contributed by atoms with E-state index in [9.17, 15) is 0 Å². The molecule has 0 amide bonds. The van der Waals surface area contributed by atoms with Crippen molar-refractivity contribution in [1.29, 1.82) is 0 Å². The van der Waals surface area contributed by atoms with Gasteiger partial charge in [0.2, 0.25) is 0 Å². The van der Waals surface area contributed by atoms with E-state index in [0.717, 1.165) is 12.4 Å². The third kappa shape index (κ3) is 2.16. The summed E-state index contributed by atoms with van der Waals surface area (Å²) in [6.45, 7) is 0.754. The van der Waals surface area contributed by atoms with Crippen LogP contribution in [0, 0.1) is 0 Å². The van der Waals surface area contributed by atoms with Crippen LogP contribution in [0.25, 0.3) is 0 Å². The molecule has 4 heteroatoms. The quantitative estimate of drug-likeness (QED) is 0.894. The molecule has 0 saturated heterocycles. The van der Waals surface area contributed by atoms with Crippen molar-refractivity contribution in [2.45, 2.75) is 31.8 Å². The van der Waals surface area contributed by atoms with Crippen molar-refractivity contribution >= 4 is 0 Å². The molecule has 18 heavy (non-hydrogen) atoms. The fraction of sp³-hybridized carbons (Fsp3) is 0.429. The molecule has 94 valence electrons. The van der Waals surface area contributed by atoms with E-state index in [1.54, 1.807) is 12.4 Å². The number of nitrogens with zero attached hydrogens (tertiary/aromatic N) is 3. The summed E-state index contributed by atoms with van der Waals surface area (Å²) in [4.78, 5) is 8.54. The molecule has 3 rings (SSSR count). The fourth-order valence-corrected chi connectivity index (χ4v) is 2.71. The number of rotatable bonds is 3. The minimum atomic E-state index is 0.506. The molecule has 0 aliphatic heterocycles. The van der Waals surface area contributed by atoms with Crippen molar-refractivity contribution in [1.82, 2.24) is 19.9 Å². The molecule has 0 bridgehead atoms. The van der Waals surface area contributed by atoms with Gasteiger partial charge in [-0.1, -0.05) is 0 Å². The third-order valence-corrected chi connectivity index (χ3v) is 3.60. The summed E-state index contributed by atoms with van der Waals surface area (Å²) in [5.41, 5.74) is 2.91. The van der Waals surface area contributed by atoms with Crippen LogP contribution in [0.5, 0.6) is 0 Å². The van der Waals surface area contributed by atoms with Crippen molar-refractivity contribution in [2.24, 2.45) is 0 Å². The fourth-order valence-electron chi connectivity index (χ4n) is 2.71. The van der Waals surface area contributed by atoms with Crippen LogP contribution >= 0.6 is 0 Å². The van der Waals surface area contributed by atoms with E-state index in [0.29, 0.717) is 6.04 Å². The Morgan fingerprint density at radius 3 is 2.94 bits per heavy atom. The van der Waals surface area contributed by atoms with Gasteiger partial charge in [-0.3, -0.25) is 0 Å². The highest BCUT2D eigenvalue weighted by atomic mass is 15.0. The smallest absolute Gasteiger partial charge is 0.147 e. The number of aryl methyl sites for hydroxylation is 1. The molecule has 1 atom stereocenters. The van der Waals surface area contributed by atoms with Crippen molar-refractivity contribution in [3.05, 3.63) is 47.8 Å². The molecular weight excluding hydrogens is 224 g/mol. The van der Waals surface area contributed by atoms with Crippen molar-refractivity contribution in [3.8, 4) is 0 Å². The second-order valence-corrected chi connectivity index (χ2v) is 4.81. The zero-order valence-corrected chi connectivity index (χ0v) is 10.6. The van der Waals surface area contributed by atoms with Gasteiger partial charge in [0.25, 0.3) is 0 Å². The Labute approximate surface area is 107 Å². The van der Waals surface area contributed by atoms with Crippen LogP contribution in [0.15, 0.2) is 30.9 Å². The average molecular weight is 242 g/mol. The van der Waals surface area contributed by atoms with E-state index in [4.69, 9.17) is 0 Å². The molecule has 1 aliphatic carbocycles. The minimum Gasteiger partial charge on any atom is -0.346 e. The molecule has 0 aromatic carbocycles. The molecule has 1 N–H and O–H groups in total. The van der Waals surface area contributed by atoms with E-state index in [1.807, 2.05) is 13.1 Å². The molecule has 2 aromatic rings. The molecule has 0 radical (unpaired) electrons. The van der Waals surface area contributed by atoms with Crippen LogP contribution < -0.4 is 5.32 Å². The van der Waals surface area contributed by atoms with E-state index < -0.39 is 0 Å². The molecule has 0 saturated carbocycles. The molecule has 2 heterocycles. The summed E-state index contributed by atoms with van der Waals surface area (Å²) in [5, 5.41) is 3.39. The second-order valence-electron chi connectivity index (χ2n) is 4.81. The Morgan fingerprint density at radius 1 is 1.33 bits per heavy atom. The minimum absolute atomic E-state index is 0.506. The lowest BCUT2D eigenvalue weighted by Crippen LogP contribution is -2.20. The SMILES string of the molecule is CNC1CCCc2cn(Cc3ncccn3)cc21. The number of hydrogen-bond acceptors (Lipinski definition) is 3. The highest BCUT2D eigenvalue weighted by molar-refractivity contribution is 5.30. The highest BCUT2D eigenvalue weighted by Crippen LogP contribution is 2.30. The first-order valence-electron chi connectivity index (χ1n) is 6.48. The van der Waals surface area contributed by atoms with Crippen LogP contribution in [0.3, 0.4) is 0 Å². The lowest BCUT2D eigenvalue weighted by atomic mass is 9.91. The second kappa shape index (κ2) is 4.90. The van der Waals surface area contributed by atoms with Crippen molar-refractivity contribution < 1.29 is 0 Å². The summed E-state index contributed by atoms with van der Waals surface area (Å²) in [6.07, 6.45) is 11.8. The third-order valence-electron chi connectivity index (χ3n) is 3.60. The largest absolute Gasteiger partial charge is 0.346 e. The highest BCUT2D eigenvalue weighted by Gasteiger charge is 2.20. The van der Waals surface area contributed by atoms with Gasteiger partial charge in [0.05, 0.1) is 6.54 Å². The average Bonchev–Trinajstić information content (AvgIpc) is 2.82. The van der Waals surface area contributed by atoms with Gasteiger partial charge in [0, 0.05) is 30.8 Å². The first-order chi connectivity index (χ1) is 8.86. The number of hydrogen-bond donors (Lipinski definition) is 1. The zero-order chi connectivity index (χ0) is 12.4. The summed E-state index contributed by atoms with van der Waals surface area (Å²) in [6, 6.07) is 2.35. The van der Waals surface area contributed by atoms with Crippen LogP contribution in [0.1, 0.15) is 35.8 Å². The van der Waals surface area contributed by atoms with Gasteiger partial charge in [0.1, 0.15) is 5.82 Å². The van der Waals surface area contributed by atoms with Gasteiger partial charge in [-0.05, 0) is 43.5 Å². The molecule has 4 nitrogen and oxygen atoms in total. The Hall–Kier alpha value is -1.68. The monoisotopic (exact) mass is 242 g/mol. The molecule has 0 spiro atoms. The standard InChI is InChI=1S/C14H18N4/c1-15-13-5-2-4-11-8-18(9-12(11)13)10-14-16-6-3-7-17-14/h3,6-9,13,15H,2,4-5,10H2,1H3. The van der Waals surface area contributed by atoms with Crippen LogP contribution in [-0.2, 0) is 13.0 Å². The Kier molecular flexibility index (Phi) is 3.11. The molecule has 0 fully saturated rings. The Morgan fingerprint density at radius 2 is 2.17 bits per heavy atom. The summed E-state index contributed by atoms with van der Waals surface area (Å²) in [5.74, 6) is 0.867. The maximum atomic E-state index is 4.27. The van der Waals surface area contributed by atoms with Gasteiger partial charge in [0.15, 0.2) is 0 Å². The topological polar surface area (TPSA) is 42.7 Å². The predicted molar refractivity (Wildman–Crippen MR) is 70.3 cm³/mol. The van der Waals surface area contributed by atoms with Gasteiger partial charge in [-0.25, -0.2) is 9.97 Å². The number of nitrogens with one attached hydrogen (secondary N) is 1.